The van der Waals surface area contributed by atoms with Crippen LogP contribution >= 0.6 is 0 Å². The number of carbonyl (C=O) groups is 1. The van der Waals surface area contributed by atoms with Crippen LogP contribution in [0.25, 0.3) is 22.3 Å². The quantitative estimate of drug-likeness (QED) is 0.105. The predicted molar refractivity (Wildman–Crippen MR) is 218 cm³/mol. The average molecular weight is 757 g/mol. The number of likely N-dealkylation sites (tertiary alicyclic amines) is 1. The van der Waals surface area contributed by atoms with Crippen molar-refractivity contribution < 1.29 is 27.8 Å². The molecule has 8 rings (SSSR count). The molecule has 5 aromatic carbocycles. The van der Waals surface area contributed by atoms with E-state index in [0.717, 1.165) is 103 Å². The van der Waals surface area contributed by atoms with E-state index in [2.05, 4.69) is 70.5 Å². The van der Waals surface area contributed by atoms with Gasteiger partial charge < -0.3 is 19.1 Å². The molecule has 0 radical (unpaired) electrons. The Morgan fingerprint density at radius 3 is 1.88 bits per heavy atom. The number of methoxy groups -OCH3 is 3. The number of hydrogen-bond donors (Lipinski definition) is 0. The summed E-state index contributed by atoms with van der Waals surface area (Å²) in [4.78, 5) is 17.3. The molecule has 3 aliphatic rings. The molecular weight excluding hydrogens is 707 g/mol. The standard InChI is InChI=1S/C48H50F2N2O4/c1-30(53)47-41(33-11-12-33)23-37(25-45(47)54-2)35-9-5-7-31(21-35)28-51-19-17-39(18-20-51)52(40-15-16-43(49)44(50)27-40)29-32-8-6-10-36(22-32)38-24-42(34-13-14-34)48(56-4)46(26-38)55-3/h5-10,15-16,21-27,33-34,39H,11-14,17-20,28-29H2,1-4H3. The van der Waals surface area contributed by atoms with Crippen LogP contribution < -0.4 is 19.1 Å². The van der Waals surface area contributed by atoms with Crippen molar-refractivity contribution in [2.24, 2.45) is 0 Å². The first-order chi connectivity index (χ1) is 27.2. The first-order valence-corrected chi connectivity index (χ1v) is 19.8. The number of anilines is 1. The first-order valence-electron chi connectivity index (χ1n) is 19.8. The Labute approximate surface area is 329 Å². The number of rotatable bonds is 14. The van der Waals surface area contributed by atoms with Gasteiger partial charge in [-0.15, -0.1) is 0 Å². The summed E-state index contributed by atoms with van der Waals surface area (Å²) in [5.41, 5.74) is 10.3. The molecule has 8 heteroatoms. The van der Waals surface area contributed by atoms with Crippen molar-refractivity contribution in [3.05, 3.63) is 130 Å². The van der Waals surface area contributed by atoms with Gasteiger partial charge in [-0.25, -0.2) is 8.78 Å². The highest BCUT2D eigenvalue weighted by molar-refractivity contribution is 5.99. The number of Topliss-reactive ketones (excluding diaryl/α,β-unsaturated/α-hetero) is 1. The second-order valence-corrected chi connectivity index (χ2v) is 15.7. The first kappa shape index (κ1) is 37.7. The van der Waals surface area contributed by atoms with E-state index in [1.165, 1.54) is 23.3 Å². The van der Waals surface area contributed by atoms with E-state index >= 15 is 0 Å². The number of benzene rings is 5. The van der Waals surface area contributed by atoms with Gasteiger partial charge >= 0.3 is 0 Å². The van der Waals surface area contributed by atoms with Gasteiger partial charge in [-0.05, 0) is 145 Å². The summed E-state index contributed by atoms with van der Waals surface area (Å²) in [5.74, 6) is 1.44. The minimum absolute atomic E-state index is 0.0425. The fourth-order valence-electron chi connectivity index (χ4n) is 8.55. The summed E-state index contributed by atoms with van der Waals surface area (Å²) in [6, 6.07) is 30.0. The van der Waals surface area contributed by atoms with Crippen molar-refractivity contribution in [1.29, 1.82) is 0 Å². The molecule has 0 amide bonds. The van der Waals surface area contributed by atoms with E-state index < -0.39 is 11.6 Å². The molecule has 6 nitrogen and oxygen atoms in total. The van der Waals surface area contributed by atoms with Crippen LogP contribution in [0.5, 0.6) is 17.2 Å². The number of ketones is 1. The smallest absolute Gasteiger partial charge is 0.164 e. The van der Waals surface area contributed by atoms with Crippen molar-refractivity contribution in [1.82, 2.24) is 4.90 Å². The zero-order chi connectivity index (χ0) is 38.9. The van der Waals surface area contributed by atoms with Crippen LogP contribution in [0.15, 0.2) is 91.0 Å². The predicted octanol–water partition coefficient (Wildman–Crippen LogP) is 11.0. The molecule has 3 fully saturated rings. The van der Waals surface area contributed by atoms with E-state index in [-0.39, 0.29) is 11.8 Å². The molecule has 2 aliphatic carbocycles. The zero-order valence-corrected chi connectivity index (χ0v) is 32.7. The largest absolute Gasteiger partial charge is 0.496 e. The molecule has 2 saturated carbocycles. The summed E-state index contributed by atoms with van der Waals surface area (Å²) in [6.07, 6.45) is 6.25. The van der Waals surface area contributed by atoms with Crippen LogP contribution in [-0.2, 0) is 13.1 Å². The van der Waals surface area contributed by atoms with E-state index in [9.17, 15) is 13.6 Å². The average Bonchev–Trinajstić information content (AvgIpc) is 4.15. The minimum atomic E-state index is -0.843. The molecule has 56 heavy (non-hydrogen) atoms. The van der Waals surface area contributed by atoms with Crippen LogP contribution in [-0.4, -0.2) is 51.1 Å². The third-order valence-corrected chi connectivity index (χ3v) is 11.8. The Bertz CT molecular complexity index is 2240. The summed E-state index contributed by atoms with van der Waals surface area (Å²) in [7, 11) is 5.01. The van der Waals surface area contributed by atoms with Crippen LogP contribution in [0.4, 0.5) is 14.5 Å². The van der Waals surface area contributed by atoms with Crippen LogP contribution in [0.3, 0.4) is 0 Å². The normalized spacial score (nSPS) is 16.1. The van der Waals surface area contributed by atoms with Crippen molar-refractivity contribution in [2.45, 2.75) is 76.4 Å². The van der Waals surface area contributed by atoms with Gasteiger partial charge in [0, 0.05) is 49.5 Å². The third kappa shape index (κ3) is 8.03. The summed E-state index contributed by atoms with van der Waals surface area (Å²) >= 11 is 0. The van der Waals surface area contributed by atoms with Crippen LogP contribution in [0, 0.1) is 11.6 Å². The van der Waals surface area contributed by atoms with Crippen LogP contribution in [0.2, 0.25) is 0 Å². The van der Waals surface area contributed by atoms with E-state index in [1.54, 1.807) is 34.3 Å². The van der Waals surface area contributed by atoms with Crippen molar-refractivity contribution >= 4 is 11.5 Å². The Kier molecular flexibility index (Phi) is 10.8. The SMILES string of the molecule is COc1cc(-c2cccc(CN(c3ccc(F)c(F)c3)C3CCN(Cc4cccc(-c5cc(OC)c(C(C)=O)c(C6CC6)c5)c4)CC3)c2)cc(C2CC2)c1OC. The van der Waals surface area contributed by atoms with Gasteiger partial charge in [0.1, 0.15) is 5.75 Å². The molecule has 0 spiro atoms. The molecule has 1 heterocycles. The molecule has 0 atom stereocenters. The molecule has 0 bridgehead atoms. The van der Waals surface area contributed by atoms with E-state index in [0.29, 0.717) is 35.4 Å². The van der Waals surface area contributed by atoms with Crippen LogP contribution in [0.1, 0.15) is 89.9 Å². The Hall–Kier alpha value is -5.21. The maximum absolute atomic E-state index is 14.7. The van der Waals surface area contributed by atoms with E-state index in [4.69, 9.17) is 14.2 Å². The van der Waals surface area contributed by atoms with Gasteiger partial charge in [0.25, 0.3) is 0 Å². The second-order valence-electron chi connectivity index (χ2n) is 15.7. The van der Waals surface area contributed by atoms with Gasteiger partial charge in [0.15, 0.2) is 28.9 Å². The highest BCUT2D eigenvalue weighted by Gasteiger charge is 2.31. The molecule has 0 aromatic heterocycles. The number of hydrogen-bond acceptors (Lipinski definition) is 6. The number of nitrogens with zero attached hydrogens (tertiary/aromatic N) is 2. The van der Waals surface area contributed by atoms with Crippen molar-refractivity contribution in [3.63, 3.8) is 0 Å². The molecular formula is C48H50F2N2O4. The topological polar surface area (TPSA) is 51.2 Å². The highest BCUT2D eigenvalue weighted by Crippen LogP contribution is 2.49. The molecule has 290 valence electrons. The lowest BCUT2D eigenvalue weighted by Crippen LogP contribution is -2.44. The Morgan fingerprint density at radius 2 is 1.27 bits per heavy atom. The van der Waals surface area contributed by atoms with Gasteiger partial charge in [0.2, 0.25) is 0 Å². The molecule has 5 aromatic rings. The minimum Gasteiger partial charge on any atom is -0.496 e. The fraction of sp³-hybridized carbons (Fsp3) is 0.354. The van der Waals surface area contributed by atoms with Crippen molar-refractivity contribution in [2.75, 3.05) is 39.3 Å². The molecule has 0 N–H and O–H groups in total. The summed E-state index contributed by atoms with van der Waals surface area (Å²) in [5, 5.41) is 0. The molecule has 1 aliphatic heterocycles. The summed E-state index contributed by atoms with van der Waals surface area (Å²) < 4.78 is 46.2. The molecule has 0 unspecified atom stereocenters. The zero-order valence-electron chi connectivity index (χ0n) is 32.7. The van der Waals surface area contributed by atoms with Gasteiger partial charge in [0.05, 0.1) is 26.9 Å². The lowest BCUT2D eigenvalue weighted by atomic mass is 9.93. The Morgan fingerprint density at radius 1 is 0.661 bits per heavy atom. The molecule has 1 saturated heterocycles. The number of halogens is 2. The lowest BCUT2D eigenvalue weighted by molar-refractivity contribution is 0.101. The van der Waals surface area contributed by atoms with Gasteiger partial charge in [-0.3, -0.25) is 9.69 Å². The monoisotopic (exact) mass is 756 g/mol. The maximum Gasteiger partial charge on any atom is 0.164 e. The lowest BCUT2D eigenvalue weighted by Gasteiger charge is -2.40. The van der Waals surface area contributed by atoms with Gasteiger partial charge in [-0.1, -0.05) is 36.4 Å². The fourth-order valence-corrected chi connectivity index (χ4v) is 8.55. The number of piperidine rings is 1. The third-order valence-electron chi connectivity index (χ3n) is 11.8. The highest BCUT2D eigenvalue weighted by atomic mass is 19.2. The second kappa shape index (κ2) is 16.1. The number of carbonyl (C=O) groups excluding carboxylic acids is 1. The van der Waals surface area contributed by atoms with Gasteiger partial charge in [-0.2, -0.15) is 0 Å². The maximum atomic E-state index is 14.7. The van der Waals surface area contributed by atoms with E-state index in [1.807, 2.05) is 12.1 Å². The Balaban J connectivity index is 1.00. The summed E-state index contributed by atoms with van der Waals surface area (Å²) in [6.45, 7) is 4.73. The number of ether oxygens (including phenoxy) is 3. The van der Waals surface area contributed by atoms with Crippen molar-refractivity contribution in [3.8, 4) is 39.5 Å².